The molecule has 1 rings (SSSR count). The highest BCUT2D eigenvalue weighted by molar-refractivity contribution is 7.99. The lowest BCUT2D eigenvalue weighted by Gasteiger charge is -2.21. The van der Waals surface area contributed by atoms with Crippen molar-refractivity contribution in [1.29, 1.82) is 0 Å². The van der Waals surface area contributed by atoms with E-state index in [2.05, 4.69) is 0 Å². The molecule has 2 radical (unpaired) electrons. The van der Waals surface area contributed by atoms with Crippen LogP contribution in [0.5, 0.6) is 11.5 Å². The Balaban J connectivity index is 3.19. The quantitative estimate of drug-likeness (QED) is 0.470. The van der Waals surface area contributed by atoms with Crippen molar-refractivity contribution in [3.05, 3.63) is 17.7 Å². The van der Waals surface area contributed by atoms with Crippen molar-refractivity contribution in [3.8, 4) is 11.5 Å². The van der Waals surface area contributed by atoms with Gasteiger partial charge >= 0.3 is 0 Å². The van der Waals surface area contributed by atoms with Gasteiger partial charge in [-0.1, -0.05) is 11.8 Å². The van der Waals surface area contributed by atoms with Crippen LogP contribution in [0.15, 0.2) is 17.0 Å². The van der Waals surface area contributed by atoms with Crippen molar-refractivity contribution < 1.29 is 23.4 Å². The van der Waals surface area contributed by atoms with Crippen LogP contribution < -0.4 is 15.2 Å². The standard InChI is InChI=1S/C11H14BF2NO3S/c1-17-7-4-9(19-10(13)14)8(18-2)3-6(7)5-11(12,15)16/h3-4,10,16H,5,15H2,1-2H3. The van der Waals surface area contributed by atoms with E-state index in [4.69, 9.17) is 23.1 Å². The number of nitrogens with two attached hydrogens (primary N) is 1. The zero-order chi connectivity index (χ0) is 14.6. The fourth-order valence-electron chi connectivity index (χ4n) is 1.56. The zero-order valence-corrected chi connectivity index (χ0v) is 11.3. The Kier molecular flexibility index (Phi) is 5.45. The topological polar surface area (TPSA) is 64.7 Å². The first kappa shape index (κ1) is 16.1. The number of thioether (sulfide) groups is 1. The second kappa shape index (κ2) is 6.45. The van der Waals surface area contributed by atoms with Crippen LogP contribution in [0.2, 0.25) is 0 Å². The maximum absolute atomic E-state index is 12.4. The molecule has 0 saturated carbocycles. The van der Waals surface area contributed by atoms with Crippen LogP contribution in [0.4, 0.5) is 8.78 Å². The Labute approximate surface area is 115 Å². The maximum Gasteiger partial charge on any atom is 0.289 e. The molecule has 1 aromatic carbocycles. The minimum atomic E-state index is -2.58. The molecule has 8 heteroatoms. The van der Waals surface area contributed by atoms with Gasteiger partial charge in [-0.15, -0.1) is 0 Å². The van der Waals surface area contributed by atoms with Crippen molar-refractivity contribution >= 4 is 19.6 Å². The molecule has 0 aliphatic rings. The molecular weight excluding hydrogens is 275 g/mol. The van der Waals surface area contributed by atoms with E-state index >= 15 is 0 Å². The van der Waals surface area contributed by atoms with E-state index in [1.165, 1.54) is 26.4 Å². The summed E-state index contributed by atoms with van der Waals surface area (Å²) in [6, 6.07) is 2.87. The third-order valence-corrected chi connectivity index (χ3v) is 3.01. The fraction of sp³-hybridized carbons (Fsp3) is 0.455. The first-order valence-corrected chi connectivity index (χ1v) is 6.14. The molecule has 0 amide bonds. The van der Waals surface area contributed by atoms with E-state index in [-0.39, 0.29) is 17.1 Å². The summed E-state index contributed by atoms with van der Waals surface area (Å²) in [5.41, 5.74) is 3.86. The molecule has 0 bridgehead atoms. The summed E-state index contributed by atoms with van der Waals surface area (Å²) >= 11 is 0.343. The van der Waals surface area contributed by atoms with E-state index in [1.807, 2.05) is 0 Å². The van der Waals surface area contributed by atoms with Gasteiger partial charge in [0, 0.05) is 12.0 Å². The van der Waals surface area contributed by atoms with Crippen molar-refractivity contribution in [2.75, 3.05) is 14.2 Å². The largest absolute Gasteiger partial charge is 0.496 e. The smallest absolute Gasteiger partial charge is 0.289 e. The predicted octanol–water partition coefficient (Wildman–Crippen LogP) is 1.33. The summed E-state index contributed by atoms with van der Waals surface area (Å²) in [7, 11) is 8.06. The number of halogens is 2. The summed E-state index contributed by atoms with van der Waals surface area (Å²) in [6.45, 7) is 0. The number of hydrogen-bond acceptors (Lipinski definition) is 5. The molecule has 3 N–H and O–H groups in total. The lowest BCUT2D eigenvalue weighted by atomic mass is 9.85. The highest BCUT2D eigenvalue weighted by Gasteiger charge is 2.20. The summed E-state index contributed by atoms with van der Waals surface area (Å²) < 4.78 is 35.0. The third kappa shape index (κ3) is 4.89. The van der Waals surface area contributed by atoms with Gasteiger partial charge in [0.15, 0.2) is 0 Å². The van der Waals surface area contributed by atoms with Gasteiger partial charge in [0.05, 0.1) is 24.7 Å². The van der Waals surface area contributed by atoms with Crippen LogP contribution in [0.3, 0.4) is 0 Å². The van der Waals surface area contributed by atoms with Crippen LogP contribution in [-0.4, -0.2) is 38.6 Å². The van der Waals surface area contributed by atoms with Gasteiger partial charge in [-0.3, -0.25) is 0 Å². The van der Waals surface area contributed by atoms with E-state index in [0.717, 1.165) is 0 Å². The number of alkyl halides is 2. The molecule has 0 aromatic heterocycles. The summed E-state index contributed by atoms with van der Waals surface area (Å²) in [4.78, 5) is 0.232. The number of benzene rings is 1. The molecule has 0 spiro atoms. The Morgan fingerprint density at radius 2 is 1.95 bits per heavy atom. The van der Waals surface area contributed by atoms with E-state index in [9.17, 15) is 13.9 Å². The van der Waals surface area contributed by atoms with Crippen molar-refractivity contribution in [2.45, 2.75) is 22.7 Å². The molecule has 0 aliphatic heterocycles. The first-order chi connectivity index (χ1) is 8.76. The third-order valence-electron chi connectivity index (χ3n) is 2.26. The summed E-state index contributed by atoms with van der Waals surface area (Å²) in [5.74, 6) is -2.03. The SMILES string of the molecule is [B]C(N)(O)Cc1cc(OC)c(SC(F)F)cc1OC. The number of rotatable bonds is 6. The van der Waals surface area contributed by atoms with Gasteiger partial charge in [0.2, 0.25) is 0 Å². The van der Waals surface area contributed by atoms with Crippen LogP contribution in [0.25, 0.3) is 0 Å². The molecule has 4 nitrogen and oxygen atoms in total. The van der Waals surface area contributed by atoms with E-state index in [1.54, 1.807) is 0 Å². The van der Waals surface area contributed by atoms with Crippen LogP contribution in [0, 0.1) is 0 Å². The van der Waals surface area contributed by atoms with Gasteiger partial charge in [0.1, 0.15) is 19.3 Å². The van der Waals surface area contributed by atoms with Gasteiger partial charge in [0.25, 0.3) is 5.76 Å². The second-order valence-electron chi connectivity index (χ2n) is 3.86. The van der Waals surface area contributed by atoms with Gasteiger partial charge in [-0.25, -0.2) is 0 Å². The van der Waals surface area contributed by atoms with Gasteiger partial charge in [-0.2, -0.15) is 8.78 Å². The minimum absolute atomic E-state index is 0.105. The lowest BCUT2D eigenvalue weighted by Crippen LogP contribution is -2.42. The number of ether oxygens (including phenoxy) is 2. The maximum atomic E-state index is 12.4. The Morgan fingerprint density at radius 1 is 1.37 bits per heavy atom. The van der Waals surface area contributed by atoms with E-state index < -0.39 is 11.4 Å². The van der Waals surface area contributed by atoms with Crippen LogP contribution in [-0.2, 0) is 6.42 Å². The van der Waals surface area contributed by atoms with Crippen LogP contribution >= 0.6 is 11.8 Å². The first-order valence-electron chi connectivity index (χ1n) is 5.26. The predicted molar refractivity (Wildman–Crippen MR) is 70.0 cm³/mol. The molecule has 19 heavy (non-hydrogen) atoms. The molecular formula is C11H14BF2NO3S. The van der Waals surface area contributed by atoms with Gasteiger partial charge in [-0.05, 0) is 12.1 Å². The van der Waals surface area contributed by atoms with Gasteiger partial charge < -0.3 is 20.3 Å². The van der Waals surface area contributed by atoms with Crippen molar-refractivity contribution in [1.82, 2.24) is 0 Å². The van der Waals surface area contributed by atoms with Crippen molar-refractivity contribution in [3.63, 3.8) is 0 Å². The van der Waals surface area contributed by atoms with E-state index in [0.29, 0.717) is 23.1 Å². The van der Waals surface area contributed by atoms with Crippen molar-refractivity contribution in [2.24, 2.45) is 5.73 Å². The summed E-state index contributed by atoms with van der Waals surface area (Å²) in [5, 5.41) is 9.40. The summed E-state index contributed by atoms with van der Waals surface area (Å²) in [6.07, 6.45) is -0.105. The Hall–Kier alpha value is -0.985. The molecule has 0 heterocycles. The molecule has 104 valence electrons. The molecule has 0 saturated heterocycles. The minimum Gasteiger partial charge on any atom is -0.496 e. The Bertz CT molecular complexity index is 441. The highest BCUT2D eigenvalue weighted by atomic mass is 32.2. The fourth-order valence-corrected chi connectivity index (χ4v) is 2.19. The molecule has 1 unspecified atom stereocenters. The monoisotopic (exact) mass is 289 g/mol. The molecule has 0 fully saturated rings. The molecule has 0 aliphatic carbocycles. The Morgan fingerprint density at radius 3 is 2.37 bits per heavy atom. The average molecular weight is 289 g/mol. The molecule has 1 atom stereocenters. The number of methoxy groups -OCH3 is 2. The van der Waals surface area contributed by atoms with Crippen LogP contribution in [0.1, 0.15) is 5.56 Å². The number of hydrogen-bond donors (Lipinski definition) is 2. The lowest BCUT2D eigenvalue weighted by molar-refractivity contribution is 0.135. The normalized spacial score (nSPS) is 14.3. The highest BCUT2D eigenvalue weighted by Crippen LogP contribution is 2.38. The zero-order valence-electron chi connectivity index (χ0n) is 10.5. The number of aliphatic hydroxyl groups is 1. The molecule has 1 aromatic rings. The second-order valence-corrected chi connectivity index (χ2v) is 4.89. The average Bonchev–Trinajstić information content (AvgIpc) is 2.27.